The van der Waals surface area contributed by atoms with Crippen molar-refractivity contribution in [1.29, 1.82) is 0 Å². The first kappa shape index (κ1) is 20.6. The summed E-state index contributed by atoms with van der Waals surface area (Å²) in [5.74, 6) is -1.04. The molecule has 0 spiro atoms. The zero-order valence-electron chi connectivity index (χ0n) is 15.8. The number of carbonyl (C=O) groups is 1. The number of morpholine rings is 1. The summed E-state index contributed by atoms with van der Waals surface area (Å²) in [6, 6.07) is 7.90. The van der Waals surface area contributed by atoms with Gasteiger partial charge < -0.3 is 14.4 Å². The van der Waals surface area contributed by atoms with Crippen LogP contribution in [-0.4, -0.2) is 43.2 Å². The Morgan fingerprint density at radius 3 is 2.79 bits per heavy atom. The van der Waals surface area contributed by atoms with Gasteiger partial charge in [-0.3, -0.25) is 4.79 Å². The molecule has 0 aliphatic carbocycles. The largest absolute Gasteiger partial charge is 0.491 e. The van der Waals surface area contributed by atoms with E-state index in [0.29, 0.717) is 36.0 Å². The van der Waals surface area contributed by atoms with Crippen LogP contribution >= 0.6 is 11.6 Å². The lowest BCUT2D eigenvalue weighted by molar-refractivity contribution is -0.139. The zero-order chi connectivity index (χ0) is 20.3. The highest BCUT2D eigenvalue weighted by molar-refractivity contribution is 6.31. The van der Waals surface area contributed by atoms with Crippen LogP contribution in [0.5, 0.6) is 5.75 Å². The number of halogens is 3. The molecule has 2 aromatic rings. The number of ether oxygens (including phenoxy) is 2. The summed E-state index contributed by atoms with van der Waals surface area (Å²) in [5, 5.41) is 0.661. The average Bonchev–Trinajstić information content (AvgIpc) is 2.69. The van der Waals surface area contributed by atoms with E-state index in [1.807, 2.05) is 13.0 Å². The molecule has 0 bridgehead atoms. The molecule has 1 fully saturated rings. The van der Waals surface area contributed by atoms with Crippen molar-refractivity contribution in [3.05, 3.63) is 63.7 Å². The van der Waals surface area contributed by atoms with Gasteiger partial charge in [-0.15, -0.1) is 0 Å². The van der Waals surface area contributed by atoms with Gasteiger partial charge in [0.1, 0.15) is 30.1 Å². The quantitative estimate of drug-likeness (QED) is 0.746. The summed E-state index contributed by atoms with van der Waals surface area (Å²) in [5.41, 5.74) is 1.03. The molecule has 7 heteroatoms. The van der Waals surface area contributed by atoms with Crippen LogP contribution < -0.4 is 4.74 Å². The normalized spacial score (nSPS) is 16.9. The summed E-state index contributed by atoms with van der Waals surface area (Å²) in [6.07, 6.45) is -0.635. The van der Waals surface area contributed by atoms with Gasteiger partial charge in [0.2, 0.25) is 5.91 Å². The summed E-state index contributed by atoms with van der Waals surface area (Å²) in [6.45, 7) is 4.72. The second-order valence-electron chi connectivity index (χ2n) is 6.89. The van der Waals surface area contributed by atoms with Gasteiger partial charge in [-0.25, -0.2) is 8.78 Å². The Morgan fingerprint density at radius 2 is 2.04 bits per heavy atom. The van der Waals surface area contributed by atoms with Crippen LogP contribution in [0.1, 0.15) is 16.7 Å². The molecule has 4 nitrogen and oxygen atoms in total. The van der Waals surface area contributed by atoms with E-state index in [0.717, 1.165) is 5.56 Å². The van der Waals surface area contributed by atoms with Crippen molar-refractivity contribution in [3.63, 3.8) is 0 Å². The number of hydrogen-bond donors (Lipinski definition) is 0. The minimum Gasteiger partial charge on any atom is -0.491 e. The van der Waals surface area contributed by atoms with Gasteiger partial charge in [-0.1, -0.05) is 17.7 Å². The smallest absolute Gasteiger partial charge is 0.227 e. The van der Waals surface area contributed by atoms with E-state index in [-0.39, 0.29) is 30.6 Å². The fourth-order valence-corrected chi connectivity index (χ4v) is 3.20. The van der Waals surface area contributed by atoms with E-state index in [9.17, 15) is 13.6 Å². The van der Waals surface area contributed by atoms with E-state index >= 15 is 0 Å². The Balaban J connectivity index is 1.59. The van der Waals surface area contributed by atoms with Gasteiger partial charge in [0, 0.05) is 17.1 Å². The summed E-state index contributed by atoms with van der Waals surface area (Å²) >= 11 is 6.00. The Bertz CT molecular complexity index is 875. The number of nitrogens with zero attached hydrogens (tertiary/aromatic N) is 1. The third kappa shape index (κ3) is 4.80. The first-order valence-corrected chi connectivity index (χ1v) is 9.44. The number of hydrogen-bond acceptors (Lipinski definition) is 3. The van der Waals surface area contributed by atoms with Crippen LogP contribution in [0.3, 0.4) is 0 Å². The fraction of sp³-hybridized carbons (Fsp3) is 0.381. The molecule has 0 N–H and O–H groups in total. The summed E-state index contributed by atoms with van der Waals surface area (Å²) in [7, 11) is 0. The molecule has 28 heavy (non-hydrogen) atoms. The van der Waals surface area contributed by atoms with Crippen LogP contribution in [0, 0.1) is 25.5 Å². The minimum absolute atomic E-state index is 0.194. The molecule has 1 unspecified atom stereocenters. The molecular formula is C21H22ClF2NO3. The Kier molecular flexibility index (Phi) is 6.52. The Hall–Kier alpha value is -2.18. The van der Waals surface area contributed by atoms with E-state index in [2.05, 4.69) is 0 Å². The highest BCUT2D eigenvalue weighted by atomic mass is 35.5. The minimum atomic E-state index is -0.706. The van der Waals surface area contributed by atoms with Gasteiger partial charge in [0.25, 0.3) is 0 Å². The molecule has 3 rings (SSSR count). The fourth-order valence-electron chi connectivity index (χ4n) is 3.08. The SMILES string of the molecule is Cc1cc(OCC2CN(C(=O)Cc3c(F)ccc(C)c3F)CCO2)ccc1Cl. The lowest BCUT2D eigenvalue weighted by Gasteiger charge is -2.33. The maximum atomic E-state index is 14.2. The maximum absolute atomic E-state index is 14.2. The predicted molar refractivity (Wildman–Crippen MR) is 103 cm³/mol. The van der Waals surface area contributed by atoms with E-state index in [1.54, 1.807) is 24.0 Å². The number of rotatable bonds is 5. The van der Waals surface area contributed by atoms with Crippen LogP contribution in [0.4, 0.5) is 8.78 Å². The lowest BCUT2D eigenvalue weighted by Crippen LogP contribution is -2.48. The first-order valence-electron chi connectivity index (χ1n) is 9.07. The van der Waals surface area contributed by atoms with E-state index in [1.165, 1.54) is 12.1 Å². The van der Waals surface area contributed by atoms with E-state index in [4.69, 9.17) is 21.1 Å². The molecule has 150 valence electrons. The number of carbonyl (C=O) groups excluding carboxylic acids is 1. The van der Waals surface area contributed by atoms with Crippen molar-refractivity contribution in [3.8, 4) is 5.75 Å². The molecule has 1 aliphatic rings. The molecule has 0 aromatic heterocycles. The van der Waals surface area contributed by atoms with Gasteiger partial charge in [-0.2, -0.15) is 0 Å². The average molecular weight is 410 g/mol. The predicted octanol–water partition coefficient (Wildman–Crippen LogP) is 4.08. The monoisotopic (exact) mass is 409 g/mol. The zero-order valence-corrected chi connectivity index (χ0v) is 16.6. The van der Waals surface area contributed by atoms with Crippen molar-refractivity contribution in [1.82, 2.24) is 4.90 Å². The number of benzene rings is 2. The van der Waals surface area contributed by atoms with Gasteiger partial charge >= 0.3 is 0 Å². The van der Waals surface area contributed by atoms with Crippen molar-refractivity contribution in [2.75, 3.05) is 26.3 Å². The standard InChI is InChI=1S/C21H22ClF2NO3/c1-13-3-6-19(23)17(21(13)24)10-20(26)25-7-8-27-16(11-25)12-28-15-4-5-18(22)14(2)9-15/h3-6,9,16H,7-8,10-12H2,1-2H3. The second-order valence-corrected chi connectivity index (χ2v) is 7.30. The van der Waals surface area contributed by atoms with E-state index < -0.39 is 11.6 Å². The van der Waals surface area contributed by atoms with Crippen LogP contribution in [0.25, 0.3) is 0 Å². The second kappa shape index (κ2) is 8.88. The molecule has 1 aliphatic heterocycles. The van der Waals surface area contributed by atoms with Crippen molar-refractivity contribution in [2.45, 2.75) is 26.4 Å². The Morgan fingerprint density at radius 1 is 1.25 bits per heavy atom. The molecule has 0 radical (unpaired) electrons. The van der Waals surface area contributed by atoms with Gasteiger partial charge in [0.15, 0.2) is 0 Å². The number of amides is 1. The molecule has 0 saturated carbocycles. The van der Waals surface area contributed by atoms with Crippen LogP contribution in [0.15, 0.2) is 30.3 Å². The molecule has 1 saturated heterocycles. The van der Waals surface area contributed by atoms with Crippen molar-refractivity contribution < 1.29 is 23.0 Å². The van der Waals surface area contributed by atoms with Gasteiger partial charge in [0.05, 0.1) is 19.6 Å². The van der Waals surface area contributed by atoms with Gasteiger partial charge in [-0.05, 0) is 49.2 Å². The highest BCUT2D eigenvalue weighted by Gasteiger charge is 2.26. The first-order chi connectivity index (χ1) is 13.3. The third-order valence-corrected chi connectivity index (χ3v) is 5.19. The van der Waals surface area contributed by atoms with Crippen LogP contribution in [-0.2, 0) is 16.0 Å². The maximum Gasteiger partial charge on any atom is 0.227 e. The van der Waals surface area contributed by atoms with Crippen molar-refractivity contribution in [2.24, 2.45) is 0 Å². The summed E-state index contributed by atoms with van der Waals surface area (Å²) in [4.78, 5) is 14.1. The molecule has 2 aromatic carbocycles. The number of aryl methyl sites for hydroxylation is 2. The lowest BCUT2D eigenvalue weighted by atomic mass is 10.1. The summed E-state index contributed by atoms with van der Waals surface area (Å²) < 4.78 is 39.5. The molecule has 1 amide bonds. The molecular weight excluding hydrogens is 388 g/mol. The van der Waals surface area contributed by atoms with Crippen LogP contribution in [0.2, 0.25) is 5.02 Å². The molecule has 1 atom stereocenters. The van der Waals surface area contributed by atoms with Crippen molar-refractivity contribution >= 4 is 17.5 Å². The highest BCUT2D eigenvalue weighted by Crippen LogP contribution is 2.22. The topological polar surface area (TPSA) is 38.8 Å². The molecule has 1 heterocycles. The third-order valence-electron chi connectivity index (χ3n) is 4.76. The Labute approximate surface area is 168 Å².